The van der Waals surface area contributed by atoms with Gasteiger partial charge in [0.15, 0.2) is 11.0 Å². The average Bonchev–Trinajstić information content (AvgIpc) is 3.18. The molecule has 3 aromatic carbocycles. The number of thioether (sulfide) groups is 1. The summed E-state index contributed by atoms with van der Waals surface area (Å²) < 4.78 is 2.05. The molecular formula is C24H21Cl2N3S. The minimum absolute atomic E-state index is 0.670. The Labute approximate surface area is 191 Å². The standard InChI is InChI=1S/C24H21Cl2N3S/c25-20-12-6-11-19(16-20)23-27-28-24(29(23)22-14-7-13-21(26)17-22)30-15-5-4-10-18-8-2-1-3-9-18/h1-3,6-9,11-14,16-17H,4-5,10,15H2. The number of aryl methyl sites for hydroxylation is 1. The summed E-state index contributed by atoms with van der Waals surface area (Å²) in [7, 11) is 0. The normalized spacial score (nSPS) is 11.0. The molecule has 0 aliphatic rings. The van der Waals surface area contributed by atoms with Crippen molar-refractivity contribution in [3.8, 4) is 17.1 Å². The van der Waals surface area contributed by atoms with Crippen LogP contribution in [0.4, 0.5) is 0 Å². The lowest BCUT2D eigenvalue weighted by molar-refractivity contribution is 0.798. The maximum Gasteiger partial charge on any atom is 0.196 e. The van der Waals surface area contributed by atoms with E-state index in [9.17, 15) is 0 Å². The molecule has 0 saturated carbocycles. The van der Waals surface area contributed by atoms with Crippen LogP contribution in [0, 0.1) is 0 Å². The molecule has 4 aromatic rings. The van der Waals surface area contributed by atoms with E-state index in [-0.39, 0.29) is 0 Å². The quantitative estimate of drug-likeness (QED) is 0.206. The summed E-state index contributed by atoms with van der Waals surface area (Å²) in [4.78, 5) is 0. The molecule has 152 valence electrons. The van der Waals surface area contributed by atoms with E-state index in [1.54, 1.807) is 11.8 Å². The molecule has 0 N–H and O–H groups in total. The smallest absolute Gasteiger partial charge is 0.196 e. The minimum atomic E-state index is 0.670. The average molecular weight is 454 g/mol. The third-order valence-corrected chi connectivity index (χ3v) is 6.20. The van der Waals surface area contributed by atoms with Crippen LogP contribution in [-0.4, -0.2) is 20.5 Å². The van der Waals surface area contributed by atoms with Gasteiger partial charge in [0.2, 0.25) is 0 Å². The molecule has 0 spiro atoms. The molecule has 0 aliphatic carbocycles. The van der Waals surface area contributed by atoms with Crippen LogP contribution < -0.4 is 0 Å². The number of halogens is 2. The van der Waals surface area contributed by atoms with E-state index in [4.69, 9.17) is 23.2 Å². The highest BCUT2D eigenvalue weighted by molar-refractivity contribution is 7.99. The Balaban J connectivity index is 1.52. The molecule has 3 nitrogen and oxygen atoms in total. The van der Waals surface area contributed by atoms with Crippen LogP contribution in [0.5, 0.6) is 0 Å². The van der Waals surface area contributed by atoms with Crippen LogP contribution in [-0.2, 0) is 6.42 Å². The molecule has 30 heavy (non-hydrogen) atoms. The lowest BCUT2D eigenvalue weighted by Crippen LogP contribution is -2.00. The van der Waals surface area contributed by atoms with Crippen LogP contribution in [0.1, 0.15) is 18.4 Å². The van der Waals surface area contributed by atoms with E-state index in [1.807, 2.05) is 48.5 Å². The van der Waals surface area contributed by atoms with E-state index in [0.29, 0.717) is 10.0 Å². The highest BCUT2D eigenvalue weighted by Gasteiger charge is 2.16. The van der Waals surface area contributed by atoms with Crippen molar-refractivity contribution in [2.75, 3.05) is 5.75 Å². The first-order valence-electron chi connectivity index (χ1n) is 9.85. The Hall–Kier alpha value is -2.27. The number of aromatic nitrogens is 3. The summed E-state index contributed by atoms with van der Waals surface area (Å²) >= 11 is 14.2. The Morgan fingerprint density at radius 3 is 2.30 bits per heavy atom. The van der Waals surface area contributed by atoms with Crippen LogP contribution in [0.2, 0.25) is 10.0 Å². The zero-order valence-corrected chi connectivity index (χ0v) is 18.7. The van der Waals surface area contributed by atoms with Gasteiger partial charge in [0, 0.05) is 21.4 Å². The second-order valence-corrected chi connectivity index (χ2v) is 8.86. The Bertz CT molecular complexity index is 1110. The SMILES string of the molecule is Clc1cccc(-c2nnc(SCCCCc3ccccc3)n2-c2cccc(Cl)c2)c1. The minimum Gasteiger partial charge on any atom is -0.270 e. The molecule has 0 unspecified atom stereocenters. The van der Waals surface area contributed by atoms with E-state index >= 15 is 0 Å². The number of hydrogen-bond acceptors (Lipinski definition) is 3. The maximum atomic E-state index is 6.26. The summed E-state index contributed by atoms with van der Waals surface area (Å²) in [5, 5.41) is 11.1. The van der Waals surface area contributed by atoms with E-state index < -0.39 is 0 Å². The largest absolute Gasteiger partial charge is 0.270 e. The molecule has 0 amide bonds. The van der Waals surface area contributed by atoms with Crippen molar-refractivity contribution in [3.63, 3.8) is 0 Å². The van der Waals surface area contributed by atoms with E-state index in [1.165, 1.54) is 5.56 Å². The summed E-state index contributed by atoms with van der Waals surface area (Å²) in [6.45, 7) is 0. The Morgan fingerprint density at radius 2 is 1.53 bits per heavy atom. The third-order valence-electron chi connectivity index (χ3n) is 4.72. The molecule has 0 radical (unpaired) electrons. The van der Waals surface area contributed by atoms with Gasteiger partial charge in [-0.15, -0.1) is 10.2 Å². The maximum absolute atomic E-state index is 6.26. The number of nitrogens with zero attached hydrogens (tertiary/aromatic N) is 3. The molecule has 0 bridgehead atoms. The van der Waals surface area contributed by atoms with Gasteiger partial charge in [-0.05, 0) is 55.2 Å². The highest BCUT2D eigenvalue weighted by Crippen LogP contribution is 2.30. The fraction of sp³-hybridized carbons (Fsp3) is 0.167. The second-order valence-electron chi connectivity index (χ2n) is 6.92. The zero-order chi connectivity index (χ0) is 20.8. The van der Waals surface area contributed by atoms with Crippen LogP contribution in [0.15, 0.2) is 84.0 Å². The van der Waals surface area contributed by atoms with Crippen molar-refractivity contribution in [1.82, 2.24) is 14.8 Å². The van der Waals surface area contributed by atoms with Crippen molar-refractivity contribution >= 4 is 35.0 Å². The van der Waals surface area contributed by atoms with Crippen molar-refractivity contribution in [3.05, 3.63) is 94.5 Å². The van der Waals surface area contributed by atoms with Gasteiger partial charge in [0.05, 0.1) is 5.69 Å². The second kappa shape index (κ2) is 10.2. The third kappa shape index (κ3) is 5.25. The van der Waals surface area contributed by atoms with Crippen LogP contribution >= 0.6 is 35.0 Å². The summed E-state index contributed by atoms with van der Waals surface area (Å²) in [6, 6.07) is 26.0. The van der Waals surface area contributed by atoms with Gasteiger partial charge in [-0.1, -0.05) is 83.5 Å². The van der Waals surface area contributed by atoms with E-state index in [2.05, 4.69) is 45.1 Å². The lowest BCUT2D eigenvalue weighted by atomic mass is 10.1. The molecule has 6 heteroatoms. The molecular weight excluding hydrogens is 433 g/mol. The molecule has 0 atom stereocenters. The fourth-order valence-corrected chi connectivity index (χ4v) is 4.59. The van der Waals surface area contributed by atoms with Gasteiger partial charge in [-0.3, -0.25) is 4.57 Å². The van der Waals surface area contributed by atoms with Crippen molar-refractivity contribution in [2.24, 2.45) is 0 Å². The Morgan fingerprint density at radius 1 is 0.767 bits per heavy atom. The first-order chi connectivity index (χ1) is 14.7. The number of unbranched alkanes of at least 4 members (excludes halogenated alkanes) is 1. The van der Waals surface area contributed by atoms with Crippen molar-refractivity contribution < 1.29 is 0 Å². The lowest BCUT2D eigenvalue weighted by Gasteiger charge is -2.11. The number of hydrogen-bond donors (Lipinski definition) is 0. The van der Waals surface area contributed by atoms with E-state index in [0.717, 1.165) is 47.2 Å². The van der Waals surface area contributed by atoms with Gasteiger partial charge < -0.3 is 0 Å². The van der Waals surface area contributed by atoms with Gasteiger partial charge in [-0.2, -0.15) is 0 Å². The molecule has 0 fully saturated rings. The number of rotatable bonds is 8. The van der Waals surface area contributed by atoms with Gasteiger partial charge in [0.1, 0.15) is 0 Å². The Kier molecular flexibility index (Phi) is 7.11. The van der Waals surface area contributed by atoms with Crippen molar-refractivity contribution in [2.45, 2.75) is 24.4 Å². The van der Waals surface area contributed by atoms with Crippen LogP contribution in [0.25, 0.3) is 17.1 Å². The first kappa shape index (κ1) is 21.0. The predicted molar refractivity (Wildman–Crippen MR) is 127 cm³/mol. The molecule has 0 aliphatic heterocycles. The first-order valence-corrected chi connectivity index (χ1v) is 11.6. The zero-order valence-electron chi connectivity index (χ0n) is 16.3. The van der Waals surface area contributed by atoms with Gasteiger partial charge >= 0.3 is 0 Å². The predicted octanol–water partition coefficient (Wildman–Crippen LogP) is 7.36. The van der Waals surface area contributed by atoms with Gasteiger partial charge in [-0.25, -0.2) is 0 Å². The molecule has 1 heterocycles. The topological polar surface area (TPSA) is 30.7 Å². The highest BCUT2D eigenvalue weighted by atomic mass is 35.5. The summed E-state index contributed by atoms with van der Waals surface area (Å²) in [5.74, 6) is 1.73. The van der Waals surface area contributed by atoms with Gasteiger partial charge in [0.25, 0.3) is 0 Å². The summed E-state index contributed by atoms with van der Waals surface area (Å²) in [5.41, 5.74) is 3.24. The summed E-state index contributed by atoms with van der Waals surface area (Å²) in [6.07, 6.45) is 3.34. The van der Waals surface area contributed by atoms with Crippen molar-refractivity contribution in [1.29, 1.82) is 0 Å². The number of benzene rings is 3. The molecule has 1 aromatic heterocycles. The monoisotopic (exact) mass is 453 g/mol. The van der Waals surface area contributed by atoms with Crippen LogP contribution in [0.3, 0.4) is 0 Å². The molecule has 4 rings (SSSR count). The fourth-order valence-electron chi connectivity index (χ4n) is 3.27. The molecule has 0 saturated heterocycles.